The highest BCUT2D eigenvalue weighted by Gasteiger charge is 2.06. The van der Waals surface area contributed by atoms with Crippen molar-refractivity contribution in [2.75, 3.05) is 0 Å². The van der Waals surface area contributed by atoms with Gasteiger partial charge >= 0.3 is 0 Å². The van der Waals surface area contributed by atoms with Crippen molar-refractivity contribution in [1.29, 1.82) is 0 Å². The minimum absolute atomic E-state index is 0.549. The van der Waals surface area contributed by atoms with E-state index in [1.165, 1.54) is 0 Å². The molecule has 0 unspecified atom stereocenters. The molecule has 0 fully saturated rings. The quantitative estimate of drug-likeness (QED) is 0.778. The molecule has 0 saturated heterocycles. The Morgan fingerprint density at radius 1 is 1.21 bits per heavy atom. The predicted molar refractivity (Wildman–Crippen MR) is 61.3 cm³/mol. The average molecular weight is 292 g/mol. The minimum Gasteiger partial charge on any atom is -0.221 e. The van der Waals surface area contributed by atoms with Crippen molar-refractivity contribution in [3.05, 3.63) is 45.1 Å². The van der Waals surface area contributed by atoms with Crippen LogP contribution in [0.1, 0.15) is 0 Å². The van der Waals surface area contributed by atoms with Crippen molar-refractivity contribution < 1.29 is 0 Å². The Labute approximate surface area is 99.6 Å². The molecule has 1 aromatic heterocycles. The molecule has 2 rings (SSSR count). The zero-order valence-corrected chi connectivity index (χ0v) is 10.0. The Balaban J connectivity index is 2.62. The Bertz CT molecular complexity index is 468. The number of rotatable bonds is 1. The molecule has 0 amide bonds. The molecule has 14 heavy (non-hydrogen) atoms. The van der Waals surface area contributed by atoms with Gasteiger partial charge in [-0.1, -0.05) is 23.2 Å². The first-order valence-electron chi connectivity index (χ1n) is 3.83. The Morgan fingerprint density at radius 3 is 2.64 bits per heavy atom. The zero-order chi connectivity index (χ0) is 10.1. The largest absolute Gasteiger partial charge is 0.221 e. The summed E-state index contributed by atoms with van der Waals surface area (Å²) < 4.78 is 2.50. The number of hydrogen-bond donors (Lipinski definition) is 0. The molecule has 1 heterocycles. The smallest absolute Gasteiger partial charge is 0.132 e. The first kappa shape index (κ1) is 10.0. The van der Waals surface area contributed by atoms with Crippen LogP contribution in [0.2, 0.25) is 10.2 Å². The summed E-state index contributed by atoms with van der Waals surface area (Å²) in [6.45, 7) is 0. The summed E-state index contributed by atoms with van der Waals surface area (Å²) >= 11 is 15.2. The molecule has 5 heteroatoms. The van der Waals surface area contributed by atoms with E-state index in [0.29, 0.717) is 10.2 Å². The van der Waals surface area contributed by atoms with Gasteiger partial charge < -0.3 is 0 Å². The van der Waals surface area contributed by atoms with Crippen molar-refractivity contribution in [2.24, 2.45) is 0 Å². The van der Waals surface area contributed by atoms with Gasteiger partial charge in [0.05, 0.1) is 11.9 Å². The summed E-state index contributed by atoms with van der Waals surface area (Å²) in [6, 6.07) is 7.17. The first-order valence-corrected chi connectivity index (χ1v) is 5.38. The fraction of sp³-hybridized carbons (Fsp3) is 0. The maximum Gasteiger partial charge on any atom is 0.132 e. The molecule has 2 nitrogen and oxygen atoms in total. The van der Waals surface area contributed by atoms with Gasteiger partial charge in [-0.15, -0.1) is 0 Å². The molecule has 0 saturated carbocycles. The lowest BCUT2D eigenvalue weighted by atomic mass is 10.3. The summed E-state index contributed by atoms with van der Waals surface area (Å²) in [4.78, 5) is 0. The van der Waals surface area contributed by atoms with Gasteiger partial charge in [-0.25, -0.2) is 4.68 Å². The van der Waals surface area contributed by atoms with Gasteiger partial charge in [-0.2, -0.15) is 5.10 Å². The van der Waals surface area contributed by atoms with Crippen molar-refractivity contribution in [3.8, 4) is 5.69 Å². The van der Waals surface area contributed by atoms with Gasteiger partial charge in [0.2, 0.25) is 0 Å². The fourth-order valence-electron chi connectivity index (χ4n) is 1.11. The summed E-state index contributed by atoms with van der Waals surface area (Å²) in [7, 11) is 0. The molecular formula is C9H5BrCl2N2. The highest BCUT2D eigenvalue weighted by molar-refractivity contribution is 9.10. The van der Waals surface area contributed by atoms with Crippen LogP contribution in [-0.4, -0.2) is 9.78 Å². The molecule has 1 aromatic carbocycles. The molecule has 0 aliphatic heterocycles. The van der Waals surface area contributed by atoms with E-state index >= 15 is 0 Å². The molecule has 72 valence electrons. The number of hydrogen-bond acceptors (Lipinski definition) is 1. The Kier molecular flexibility index (Phi) is 2.81. The van der Waals surface area contributed by atoms with E-state index in [9.17, 15) is 0 Å². The molecule has 0 radical (unpaired) electrons. The van der Waals surface area contributed by atoms with Crippen LogP contribution in [0, 0.1) is 0 Å². The monoisotopic (exact) mass is 290 g/mol. The Hall–Kier alpha value is -0.510. The second kappa shape index (κ2) is 3.93. The van der Waals surface area contributed by atoms with Crippen LogP contribution in [0.5, 0.6) is 0 Å². The summed E-state index contributed by atoms with van der Waals surface area (Å²) in [6.07, 6.45) is 1.63. The summed E-state index contributed by atoms with van der Waals surface area (Å²) in [5.74, 6) is 0. The highest BCUT2D eigenvalue weighted by Crippen LogP contribution is 2.26. The summed E-state index contributed by atoms with van der Waals surface area (Å²) in [5, 5.41) is 5.28. The lowest BCUT2D eigenvalue weighted by Gasteiger charge is -2.05. The third-order valence-corrected chi connectivity index (χ3v) is 2.92. The van der Waals surface area contributed by atoms with Gasteiger partial charge in [0.15, 0.2) is 0 Å². The van der Waals surface area contributed by atoms with Crippen LogP contribution >= 0.6 is 39.1 Å². The van der Waals surface area contributed by atoms with Crippen LogP contribution in [0.3, 0.4) is 0 Å². The molecule has 0 bridgehead atoms. The number of halogens is 3. The van der Waals surface area contributed by atoms with Gasteiger partial charge in [0.25, 0.3) is 0 Å². The van der Waals surface area contributed by atoms with Crippen LogP contribution in [-0.2, 0) is 0 Å². The zero-order valence-electron chi connectivity index (χ0n) is 6.92. The summed E-state index contributed by atoms with van der Waals surface area (Å²) in [5.41, 5.74) is 0.826. The van der Waals surface area contributed by atoms with Crippen LogP contribution < -0.4 is 0 Å². The van der Waals surface area contributed by atoms with Gasteiger partial charge in [0.1, 0.15) is 5.15 Å². The van der Waals surface area contributed by atoms with Crippen molar-refractivity contribution in [3.63, 3.8) is 0 Å². The normalized spacial score (nSPS) is 10.5. The van der Waals surface area contributed by atoms with E-state index < -0.39 is 0 Å². The predicted octanol–water partition coefficient (Wildman–Crippen LogP) is 3.94. The van der Waals surface area contributed by atoms with E-state index in [1.807, 2.05) is 6.07 Å². The van der Waals surface area contributed by atoms with E-state index in [4.69, 9.17) is 23.2 Å². The van der Waals surface area contributed by atoms with Crippen molar-refractivity contribution in [2.45, 2.75) is 0 Å². The molecule has 0 aliphatic rings. The van der Waals surface area contributed by atoms with Gasteiger partial charge in [0, 0.05) is 9.50 Å². The highest BCUT2D eigenvalue weighted by atomic mass is 79.9. The fourth-order valence-corrected chi connectivity index (χ4v) is 1.88. The first-order chi connectivity index (χ1) is 6.68. The van der Waals surface area contributed by atoms with E-state index in [0.717, 1.165) is 10.2 Å². The lowest BCUT2D eigenvalue weighted by Crippen LogP contribution is -1.96. The molecule has 0 N–H and O–H groups in total. The van der Waals surface area contributed by atoms with Gasteiger partial charge in [-0.3, -0.25) is 0 Å². The SMILES string of the molecule is Clc1ccc(Br)c(-n2nccc2Cl)c1. The molecule has 0 atom stereocenters. The lowest BCUT2D eigenvalue weighted by molar-refractivity contribution is 0.877. The van der Waals surface area contributed by atoms with Crippen LogP contribution in [0.25, 0.3) is 5.69 Å². The number of benzene rings is 1. The molecule has 0 spiro atoms. The third kappa shape index (κ3) is 1.80. The van der Waals surface area contributed by atoms with Crippen molar-refractivity contribution in [1.82, 2.24) is 9.78 Å². The maximum atomic E-state index is 5.94. The second-order valence-corrected chi connectivity index (χ2v) is 4.34. The Morgan fingerprint density at radius 2 is 2.00 bits per heavy atom. The van der Waals surface area contributed by atoms with E-state index in [-0.39, 0.29) is 0 Å². The topological polar surface area (TPSA) is 17.8 Å². The minimum atomic E-state index is 0.549. The number of nitrogens with zero attached hydrogens (tertiary/aromatic N) is 2. The van der Waals surface area contributed by atoms with Gasteiger partial charge in [-0.05, 0) is 40.2 Å². The van der Waals surface area contributed by atoms with E-state index in [2.05, 4.69) is 21.0 Å². The third-order valence-electron chi connectivity index (χ3n) is 1.73. The van der Waals surface area contributed by atoms with Crippen molar-refractivity contribution >= 4 is 39.1 Å². The average Bonchev–Trinajstić information content (AvgIpc) is 2.56. The van der Waals surface area contributed by atoms with Crippen LogP contribution in [0.4, 0.5) is 0 Å². The van der Waals surface area contributed by atoms with Crippen LogP contribution in [0.15, 0.2) is 34.9 Å². The second-order valence-electron chi connectivity index (χ2n) is 2.66. The maximum absolute atomic E-state index is 5.94. The molecule has 0 aliphatic carbocycles. The molecular weight excluding hydrogens is 287 g/mol. The standard InChI is InChI=1S/C9H5BrCl2N2/c10-7-2-1-6(11)5-8(7)14-9(12)3-4-13-14/h1-5H. The molecule has 2 aromatic rings. The number of aromatic nitrogens is 2. The van der Waals surface area contributed by atoms with E-state index in [1.54, 1.807) is 29.1 Å².